The summed E-state index contributed by atoms with van der Waals surface area (Å²) in [7, 11) is 1.82. The molecule has 1 aliphatic heterocycles. The van der Waals surface area contributed by atoms with Gasteiger partial charge >= 0.3 is 0 Å². The number of rotatable bonds is 5. The van der Waals surface area contributed by atoms with Crippen LogP contribution in [0, 0.1) is 0 Å². The van der Waals surface area contributed by atoms with Crippen molar-refractivity contribution in [2.45, 2.75) is 29.2 Å². The van der Waals surface area contributed by atoms with Crippen LogP contribution in [0.2, 0.25) is 0 Å². The molecule has 0 unspecified atom stereocenters. The first-order chi connectivity index (χ1) is 13.2. The molecule has 0 saturated heterocycles. The Morgan fingerprint density at radius 2 is 1.74 bits per heavy atom. The van der Waals surface area contributed by atoms with Crippen molar-refractivity contribution in [3.63, 3.8) is 0 Å². The van der Waals surface area contributed by atoms with Gasteiger partial charge in [-0.15, -0.1) is 0 Å². The van der Waals surface area contributed by atoms with Gasteiger partial charge in [-0.05, 0) is 49.7 Å². The fourth-order valence-electron chi connectivity index (χ4n) is 3.28. The van der Waals surface area contributed by atoms with E-state index in [0.29, 0.717) is 6.42 Å². The van der Waals surface area contributed by atoms with E-state index in [0.717, 1.165) is 38.0 Å². The molecule has 3 aromatic carbocycles. The maximum atomic E-state index is 11.6. The van der Waals surface area contributed by atoms with Gasteiger partial charge < -0.3 is 10.1 Å². The van der Waals surface area contributed by atoms with Gasteiger partial charge in [-0.1, -0.05) is 60.3 Å². The topological polar surface area (TPSA) is 38.3 Å². The number of carbonyl (C=O) groups is 1. The number of fused-ring (bicyclic) bond motifs is 2. The van der Waals surface area contributed by atoms with Gasteiger partial charge in [0.15, 0.2) is 0 Å². The highest BCUT2D eigenvalue weighted by atomic mass is 32.2. The molecule has 1 atom stereocenters. The summed E-state index contributed by atoms with van der Waals surface area (Å²) in [6.45, 7) is 1.62. The summed E-state index contributed by atoms with van der Waals surface area (Å²) in [6, 6.07) is 22.6. The maximum Gasteiger partial charge on any atom is 0.149 e. The normalized spacial score (nSPS) is 13.3. The van der Waals surface area contributed by atoms with Crippen LogP contribution in [0.3, 0.4) is 0 Å². The van der Waals surface area contributed by atoms with E-state index in [4.69, 9.17) is 4.74 Å². The van der Waals surface area contributed by atoms with Gasteiger partial charge in [0.2, 0.25) is 0 Å². The van der Waals surface area contributed by atoms with Gasteiger partial charge in [-0.3, -0.25) is 4.79 Å². The molecule has 0 bridgehead atoms. The van der Waals surface area contributed by atoms with Gasteiger partial charge in [-0.2, -0.15) is 0 Å². The molecule has 1 aliphatic rings. The summed E-state index contributed by atoms with van der Waals surface area (Å²) >= 11 is 1.74. The molecule has 0 spiro atoms. The van der Waals surface area contributed by atoms with Crippen LogP contribution in [0.5, 0.6) is 11.5 Å². The van der Waals surface area contributed by atoms with Crippen LogP contribution in [-0.2, 0) is 11.2 Å². The third-order valence-electron chi connectivity index (χ3n) is 4.80. The first-order valence-corrected chi connectivity index (χ1v) is 9.82. The molecule has 0 fully saturated rings. The molecular weight excluding hydrogens is 354 g/mol. The highest BCUT2D eigenvalue weighted by Gasteiger charge is 2.21. The number of likely N-dealkylation sites (N-methyl/N-ethyl adjacent to an activating group) is 1. The third-order valence-corrected chi connectivity index (χ3v) is 5.90. The SMILES string of the molecule is CN[C@@H](Cc1ccc(-c2cccc3c2Oc2ccccc2S3)cc1)C(C)=O. The second kappa shape index (κ2) is 7.59. The minimum Gasteiger partial charge on any atom is -0.454 e. The maximum absolute atomic E-state index is 11.6. The molecule has 0 amide bonds. The molecule has 1 N–H and O–H groups in total. The minimum absolute atomic E-state index is 0.142. The lowest BCUT2D eigenvalue weighted by Crippen LogP contribution is -2.34. The molecule has 1 heterocycles. The first kappa shape index (κ1) is 17.8. The average molecular weight is 375 g/mol. The summed E-state index contributed by atoms with van der Waals surface area (Å²) in [5.74, 6) is 1.96. The predicted octanol–water partition coefficient (Wildman–Crippen LogP) is 5.33. The highest BCUT2D eigenvalue weighted by Crippen LogP contribution is 2.50. The molecule has 136 valence electrons. The Kier molecular flexibility index (Phi) is 5.01. The van der Waals surface area contributed by atoms with E-state index in [-0.39, 0.29) is 11.8 Å². The molecule has 0 saturated carbocycles. The van der Waals surface area contributed by atoms with Crippen molar-refractivity contribution < 1.29 is 9.53 Å². The lowest BCUT2D eigenvalue weighted by molar-refractivity contribution is -0.118. The van der Waals surface area contributed by atoms with Crippen molar-refractivity contribution in [1.29, 1.82) is 0 Å². The van der Waals surface area contributed by atoms with Crippen molar-refractivity contribution in [2.75, 3.05) is 7.05 Å². The quantitative estimate of drug-likeness (QED) is 0.512. The van der Waals surface area contributed by atoms with Crippen molar-refractivity contribution in [3.8, 4) is 22.6 Å². The molecule has 0 radical (unpaired) electrons. The second-order valence-corrected chi connectivity index (χ2v) is 7.72. The van der Waals surface area contributed by atoms with Crippen LogP contribution in [0.1, 0.15) is 12.5 Å². The number of para-hydroxylation sites is 2. The van der Waals surface area contributed by atoms with Crippen molar-refractivity contribution in [2.24, 2.45) is 0 Å². The molecular formula is C23H21NO2S. The zero-order valence-electron chi connectivity index (χ0n) is 15.4. The lowest BCUT2D eigenvalue weighted by atomic mass is 9.99. The number of hydrogen-bond acceptors (Lipinski definition) is 4. The Balaban J connectivity index is 1.63. The first-order valence-electron chi connectivity index (χ1n) is 9.00. The minimum atomic E-state index is -0.142. The van der Waals surface area contributed by atoms with E-state index in [1.165, 1.54) is 0 Å². The summed E-state index contributed by atoms with van der Waals surface area (Å²) in [4.78, 5) is 13.9. The van der Waals surface area contributed by atoms with E-state index in [1.54, 1.807) is 18.7 Å². The molecule has 0 aliphatic carbocycles. The molecule has 4 rings (SSSR count). The van der Waals surface area contributed by atoms with E-state index in [2.05, 4.69) is 53.8 Å². The number of Topliss-reactive ketones (excluding diaryl/α,β-unsaturated/α-hetero) is 1. The number of nitrogens with one attached hydrogen (secondary N) is 1. The number of ether oxygens (including phenoxy) is 1. The van der Waals surface area contributed by atoms with Gasteiger partial charge in [0.1, 0.15) is 17.3 Å². The van der Waals surface area contributed by atoms with E-state index >= 15 is 0 Å². The Labute approximate surface area is 163 Å². The van der Waals surface area contributed by atoms with Crippen molar-refractivity contribution in [3.05, 3.63) is 72.3 Å². The zero-order chi connectivity index (χ0) is 18.8. The molecule has 0 aromatic heterocycles. The van der Waals surface area contributed by atoms with Gasteiger partial charge in [0.05, 0.1) is 15.8 Å². The largest absolute Gasteiger partial charge is 0.454 e. The molecule has 3 nitrogen and oxygen atoms in total. The van der Waals surface area contributed by atoms with Crippen LogP contribution in [-0.4, -0.2) is 18.9 Å². The third kappa shape index (κ3) is 3.64. The fourth-order valence-corrected chi connectivity index (χ4v) is 4.27. The molecule has 27 heavy (non-hydrogen) atoms. The number of ketones is 1. The van der Waals surface area contributed by atoms with E-state index in [1.807, 2.05) is 25.2 Å². The average Bonchev–Trinajstić information content (AvgIpc) is 2.70. The Hall–Kier alpha value is -2.56. The van der Waals surface area contributed by atoms with Gasteiger partial charge in [0, 0.05) is 5.56 Å². The Morgan fingerprint density at radius 1 is 1.00 bits per heavy atom. The summed E-state index contributed by atoms with van der Waals surface area (Å²) in [5.41, 5.74) is 3.33. The standard InChI is InChI=1S/C23H21NO2S/c1-15(25)19(24-2)14-16-10-12-17(13-11-16)18-6-5-9-22-23(18)26-20-7-3-4-8-21(20)27-22/h3-13,19,24H,14H2,1-2H3/t19-/m0/s1. The number of benzene rings is 3. The van der Waals surface area contributed by atoms with Crippen LogP contribution in [0.4, 0.5) is 0 Å². The van der Waals surface area contributed by atoms with Crippen molar-refractivity contribution in [1.82, 2.24) is 5.32 Å². The van der Waals surface area contributed by atoms with Crippen molar-refractivity contribution >= 4 is 17.5 Å². The number of hydrogen-bond donors (Lipinski definition) is 1. The monoisotopic (exact) mass is 375 g/mol. The summed E-state index contributed by atoms with van der Waals surface area (Å²) in [6.07, 6.45) is 0.693. The van der Waals surface area contributed by atoms with Crippen LogP contribution in [0.25, 0.3) is 11.1 Å². The Bertz CT molecular complexity index is 982. The van der Waals surface area contributed by atoms with E-state index in [9.17, 15) is 4.79 Å². The molecule has 3 aromatic rings. The summed E-state index contributed by atoms with van der Waals surface area (Å²) in [5, 5.41) is 3.07. The van der Waals surface area contributed by atoms with Gasteiger partial charge in [-0.25, -0.2) is 0 Å². The zero-order valence-corrected chi connectivity index (χ0v) is 16.2. The lowest BCUT2D eigenvalue weighted by Gasteiger charge is -2.22. The number of carbonyl (C=O) groups excluding carboxylic acids is 1. The predicted molar refractivity (Wildman–Crippen MR) is 110 cm³/mol. The smallest absolute Gasteiger partial charge is 0.149 e. The highest BCUT2D eigenvalue weighted by molar-refractivity contribution is 7.99. The van der Waals surface area contributed by atoms with Gasteiger partial charge in [0.25, 0.3) is 0 Å². The molecule has 4 heteroatoms. The van der Waals surface area contributed by atoms with Crippen LogP contribution >= 0.6 is 11.8 Å². The fraction of sp³-hybridized carbons (Fsp3) is 0.174. The van der Waals surface area contributed by atoms with E-state index < -0.39 is 0 Å². The van der Waals surface area contributed by atoms with Crippen LogP contribution < -0.4 is 10.1 Å². The summed E-state index contributed by atoms with van der Waals surface area (Å²) < 4.78 is 6.23. The Morgan fingerprint density at radius 3 is 2.48 bits per heavy atom. The second-order valence-electron chi connectivity index (χ2n) is 6.64. The van der Waals surface area contributed by atoms with Crippen LogP contribution in [0.15, 0.2) is 76.5 Å².